The maximum absolute atomic E-state index is 12.2. The normalized spacial score (nSPS) is 20.8. The van der Waals surface area contributed by atoms with Crippen molar-refractivity contribution in [1.29, 1.82) is 0 Å². The number of piperazine rings is 1. The molecule has 1 amide bonds. The Hall–Kier alpha value is -2.11. The summed E-state index contributed by atoms with van der Waals surface area (Å²) in [4.78, 5) is 15.9. The summed E-state index contributed by atoms with van der Waals surface area (Å²) in [7, 11) is -1.67. The summed E-state index contributed by atoms with van der Waals surface area (Å²) in [6.45, 7) is 3.01. The average molecular weight is 429 g/mol. The minimum atomic E-state index is -3.15. The van der Waals surface area contributed by atoms with E-state index < -0.39 is 16.1 Å². The number of anilines is 2. The molecule has 2 saturated heterocycles. The van der Waals surface area contributed by atoms with Crippen LogP contribution in [-0.4, -0.2) is 82.7 Å². The van der Waals surface area contributed by atoms with E-state index in [1.807, 2.05) is 24.3 Å². The number of amides is 1. The van der Waals surface area contributed by atoms with Gasteiger partial charge in [0, 0.05) is 37.6 Å². The smallest absolute Gasteiger partial charge is 0.414 e. The van der Waals surface area contributed by atoms with Crippen molar-refractivity contribution in [3.05, 3.63) is 24.3 Å². The lowest BCUT2D eigenvalue weighted by molar-refractivity contribution is 0.142. The monoisotopic (exact) mass is 428 g/mol. The summed E-state index contributed by atoms with van der Waals surface area (Å²) in [5.41, 5.74) is 1.74. The lowest BCUT2D eigenvalue weighted by Crippen LogP contribution is -2.48. The van der Waals surface area contributed by atoms with E-state index >= 15 is 0 Å². The van der Waals surface area contributed by atoms with Crippen molar-refractivity contribution in [2.45, 2.75) is 6.10 Å². The first-order valence-electron chi connectivity index (χ1n) is 8.88. The number of nitrogens with one attached hydrogen (secondary N) is 1. The largest absolute Gasteiger partial charge is 0.474 e. The molecule has 2 aliphatic heterocycles. The van der Waals surface area contributed by atoms with Crippen molar-refractivity contribution < 1.29 is 22.7 Å². The maximum atomic E-state index is 12.2. The fourth-order valence-electron chi connectivity index (χ4n) is 3.23. The van der Waals surface area contributed by atoms with Gasteiger partial charge in [-0.1, -0.05) is 0 Å². The van der Waals surface area contributed by atoms with Crippen molar-refractivity contribution in [3.63, 3.8) is 0 Å². The Bertz CT molecular complexity index is 822. The quantitative estimate of drug-likeness (QED) is 0.683. The molecule has 0 spiro atoms. The summed E-state index contributed by atoms with van der Waals surface area (Å²) in [6.07, 6.45) is 0.520. The number of thiocarbonyl (C=S) groups is 1. The number of rotatable bonds is 5. The first-order valence-corrected chi connectivity index (χ1v) is 11.1. The second kappa shape index (κ2) is 8.50. The molecule has 1 atom stereocenters. The highest BCUT2D eigenvalue weighted by molar-refractivity contribution is 7.88. The summed E-state index contributed by atoms with van der Waals surface area (Å²) >= 11 is 4.92. The minimum absolute atomic E-state index is 0.259. The number of sulfonamides is 1. The first-order chi connectivity index (χ1) is 13.3. The topological polar surface area (TPSA) is 91.4 Å². The number of carbonyl (C=O) groups is 1. The summed E-state index contributed by atoms with van der Waals surface area (Å²) < 4.78 is 34.9. The number of ether oxygens (including phenoxy) is 2. The Labute approximate surface area is 170 Å². The van der Waals surface area contributed by atoms with Crippen LogP contribution in [0.5, 0.6) is 0 Å². The van der Waals surface area contributed by atoms with Gasteiger partial charge in [-0.05, 0) is 36.5 Å². The fraction of sp³-hybridized carbons (Fsp3) is 0.529. The van der Waals surface area contributed by atoms with Crippen LogP contribution in [0.2, 0.25) is 0 Å². The van der Waals surface area contributed by atoms with Gasteiger partial charge in [0.05, 0.1) is 26.5 Å². The highest BCUT2D eigenvalue weighted by Crippen LogP contribution is 2.25. The van der Waals surface area contributed by atoms with Crippen LogP contribution in [0.1, 0.15) is 0 Å². The van der Waals surface area contributed by atoms with Crippen molar-refractivity contribution >= 4 is 44.9 Å². The second-order valence-electron chi connectivity index (χ2n) is 6.65. The van der Waals surface area contributed by atoms with E-state index in [9.17, 15) is 13.2 Å². The van der Waals surface area contributed by atoms with Gasteiger partial charge in [0.25, 0.3) is 5.17 Å². The zero-order chi connectivity index (χ0) is 20.3. The lowest BCUT2D eigenvalue weighted by atomic mass is 10.2. The molecule has 1 aromatic carbocycles. The summed E-state index contributed by atoms with van der Waals surface area (Å²) in [5.74, 6) is 0. The average Bonchev–Trinajstić information content (AvgIpc) is 3.06. The molecule has 0 bridgehead atoms. The molecule has 3 rings (SSSR count). The molecule has 0 unspecified atom stereocenters. The van der Waals surface area contributed by atoms with Gasteiger partial charge >= 0.3 is 6.09 Å². The lowest BCUT2D eigenvalue weighted by Gasteiger charge is -2.34. The molecule has 2 fully saturated rings. The zero-order valence-electron chi connectivity index (χ0n) is 15.8. The van der Waals surface area contributed by atoms with Crippen molar-refractivity contribution in [1.82, 2.24) is 9.62 Å². The Morgan fingerprint density at radius 3 is 2.39 bits per heavy atom. The third kappa shape index (κ3) is 4.83. The van der Waals surface area contributed by atoms with E-state index in [0.29, 0.717) is 39.3 Å². The van der Waals surface area contributed by atoms with E-state index in [-0.39, 0.29) is 11.3 Å². The molecule has 11 heteroatoms. The highest BCUT2D eigenvalue weighted by atomic mass is 32.2. The van der Waals surface area contributed by atoms with Gasteiger partial charge in [-0.3, -0.25) is 4.90 Å². The number of hydrogen-bond donors (Lipinski definition) is 1. The second-order valence-corrected chi connectivity index (χ2v) is 9.01. The molecule has 0 aromatic heterocycles. The van der Waals surface area contributed by atoms with Crippen LogP contribution >= 0.6 is 12.2 Å². The van der Waals surface area contributed by atoms with Crippen molar-refractivity contribution in [3.8, 4) is 0 Å². The van der Waals surface area contributed by atoms with Gasteiger partial charge in [-0.2, -0.15) is 4.31 Å². The predicted octanol–water partition coefficient (Wildman–Crippen LogP) is 0.614. The van der Waals surface area contributed by atoms with Crippen LogP contribution in [0.4, 0.5) is 16.2 Å². The first kappa shape index (κ1) is 20.6. The molecule has 0 saturated carbocycles. The number of nitrogens with zero attached hydrogens (tertiary/aromatic N) is 3. The van der Waals surface area contributed by atoms with E-state index in [1.54, 1.807) is 4.90 Å². The van der Waals surface area contributed by atoms with Crippen LogP contribution in [0.3, 0.4) is 0 Å². The molecule has 2 heterocycles. The number of cyclic esters (lactones) is 1. The van der Waals surface area contributed by atoms with Crippen LogP contribution in [-0.2, 0) is 19.5 Å². The van der Waals surface area contributed by atoms with Crippen LogP contribution in [0, 0.1) is 0 Å². The maximum Gasteiger partial charge on any atom is 0.414 e. The Morgan fingerprint density at radius 1 is 1.21 bits per heavy atom. The Morgan fingerprint density at radius 2 is 1.82 bits per heavy atom. The van der Waals surface area contributed by atoms with Crippen molar-refractivity contribution in [2.75, 3.05) is 62.4 Å². The van der Waals surface area contributed by atoms with Gasteiger partial charge in [-0.25, -0.2) is 13.2 Å². The Kier molecular flexibility index (Phi) is 6.26. The number of carbonyl (C=O) groups excluding carboxylic acids is 1. The number of benzene rings is 1. The van der Waals surface area contributed by atoms with Crippen molar-refractivity contribution in [2.24, 2.45) is 0 Å². The molecule has 1 N–H and O–H groups in total. The van der Waals surface area contributed by atoms with E-state index in [1.165, 1.54) is 17.7 Å². The van der Waals surface area contributed by atoms with Gasteiger partial charge < -0.3 is 19.7 Å². The van der Waals surface area contributed by atoms with Gasteiger partial charge in [0.1, 0.15) is 6.10 Å². The summed E-state index contributed by atoms with van der Waals surface area (Å²) in [5, 5.41) is 3.14. The molecule has 2 aliphatic rings. The van der Waals surface area contributed by atoms with Crippen LogP contribution < -0.4 is 15.1 Å². The molecule has 1 aromatic rings. The minimum Gasteiger partial charge on any atom is -0.474 e. The molecule has 9 nitrogen and oxygen atoms in total. The van der Waals surface area contributed by atoms with Crippen LogP contribution in [0.25, 0.3) is 0 Å². The molecule has 0 radical (unpaired) electrons. The van der Waals surface area contributed by atoms with Gasteiger partial charge in [0.2, 0.25) is 10.0 Å². The third-order valence-corrected chi connectivity index (χ3v) is 6.38. The van der Waals surface area contributed by atoms with E-state index in [2.05, 4.69) is 10.2 Å². The molecular weight excluding hydrogens is 404 g/mol. The SMILES string of the molecule is COC(=S)NC[C@H]1CN(c2ccc(N3CCN(S(C)(=O)=O)CC3)cc2)C(=O)O1. The number of hydrogen-bond acceptors (Lipinski definition) is 7. The zero-order valence-corrected chi connectivity index (χ0v) is 17.5. The Balaban J connectivity index is 1.57. The van der Waals surface area contributed by atoms with Gasteiger partial charge in [-0.15, -0.1) is 0 Å². The summed E-state index contributed by atoms with van der Waals surface area (Å²) in [6, 6.07) is 7.61. The third-order valence-electron chi connectivity index (χ3n) is 4.77. The molecule has 0 aliphatic carbocycles. The van der Waals surface area contributed by atoms with E-state index in [0.717, 1.165) is 11.4 Å². The van der Waals surface area contributed by atoms with Gasteiger partial charge in [0.15, 0.2) is 0 Å². The molecule has 154 valence electrons. The van der Waals surface area contributed by atoms with E-state index in [4.69, 9.17) is 21.7 Å². The standard InChI is InChI=1S/C17H24N4O5S2/c1-25-16(27)18-11-15-12-21(17(22)26-15)14-5-3-13(4-6-14)19-7-9-20(10-8-19)28(2,23)24/h3-6,15H,7-12H2,1-2H3,(H,18,27)/t15-/m0/s1. The molecule has 28 heavy (non-hydrogen) atoms. The number of methoxy groups -OCH3 is 1. The predicted molar refractivity (Wildman–Crippen MR) is 110 cm³/mol. The van der Waals surface area contributed by atoms with Crippen LogP contribution in [0.15, 0.2) is 24.3 Å². The fourth-order valence-corrected chi connectivity index (χ4v) is 4.14. The molecular formula is C17H24N4O5S2. The highest BCUT2D eigenvalue weighted by Gasteiger charge is 2.32.